The molecule has 0 N–H and O–H groups in total. The Balaban J connectivity index is -0.000000183. The number of rotatable bonds is 4. The van der Waals surface area contributed by atoms with Crippen LogP contribution in [0.2, 0.25) is 0 Å². The first-order valence-corrected chi connectivity index (χ1v) is 6.87. The van der Waals surface area contributed by atoms with Crippen molar-refractivity contribution in [2.75, 3.05) is 0 Å². The number of hydrogen-bond donors (Lipinski definition) is 0. The molecule has 1 aromatic carbocycles. The van der Waals surface area contributed by atoms with Gasteiger partial charge in [0.15, 0.2) is 0 Å². The molecule has 2 atom stereocenters. The average molecular weight is 327 g/mol. The predicted molar refractivity (Wildman–Crippen MR) is 80.9 cm³/mol. The second-order valence-electron chi connectivity index (χ2n) is 4.75. The van der Waals surface area contributed by atoms with Gasteiger partial charge in [0, 0.05) is 0 Å². The summed E-state index contributed by atoms with van der Waals surface area (Å²) in [5.41, 5.74) is 0. The molecule has 0 aliphatic carbocycles. The van der Waals surface area contributed by atoms with E-state index in [2.05, 4.69) is 41.5 Å². The molecular weight excluding hydrogens is 295 g/mol. The summed E-state index contributed by atoms with van der Waals surface area (Å²) in [6.45, 7) is 16.3. The molecule has 0 aliphatic rings. The monoisotopic (exact) mass is 325 g/mol. The van der Waals surface area contributed by atoms with Crippen LogP contribution in [0.1, 0.15) is 53.4 Å². The topological polar surface area (TPSA) is 0 Å². The van der Waals surface area contributed by atoms with Gasteiger partial charge in [0.25, 0.3) is 0 Å². The van der Waals surface area contributed by atoms with Crippen molar-refractivity contribution in [3.63, 3.8) is 0 Å². The molecule has 0 bridgehead atoms. The Bertz CT molecular complexity index is 160. The summed E-state index contributed by atoms with van der Waals surface area (Å²) in [4.78, 5) is 0. The smallest absolute Gasteiger partial charge is 0.341 e. The minimum atomic E-state index is 0. The first-order valence-electron chi connectivity index (χ1n) is 6.87. The van der Waals surface area contributed by atoms with Crippen molar-refractivity contribution in [2.45, 2.75) is 53.4 Å². The summed E-state index contributed by atoms with van der Waals surface area (Å²) in [5.74, 6) is 1.30. The Kier molecular flexibility index (Phi) is 25.4. The molecule has 0 spiro atoms. The van der Waals surface area contributed by atoms with Gasteiger partial charge in [0.05, 0.1) is 0 Å². The van der Waals surface area contributed by atoms with E-state index in [1.165, 1.54) is 25.7 Å². The van der Waals surface area contributed by atoms with Gasteiger partial charge in [-0.15, -0.1) is 0 Å². The second kappa shape index (κ2) is 19.6. The quantitative estimate of drug-likeness (QED) is 0.603. The van der Waals surface area contributed by atoms with Gasteiger partial charge >= 0.3 is 26.2 Å². The van der Waals surface area contributed by atoms with E-state index in [1.807, 2.05) is 30.3 Å². The van der Waals surface area contributed by atoms with Crippen LogP contribution >= 0.6 is 0 Å². The van der Waals surface area contributed by atoms with Crippen LogP contribution in [-0.4, -0.2) is 0 Å². The molecule has 0 nitrogen and oxygen atoms in total. The van der Waals surface area contributed by atoms with Crippen LogP contribution in [0.3, 0.4) is 0 Å². The maximum absolute atomic E-state index is 3.83. The van der Waals surface area contributed by atoms with Crippen LogP contribution in [0.15, 0.2) is 30.3 Å². The van der Waals surface area contributed by atoms with Crippen LogP contribution in [0.4, 0.5) is 0 Å². The molecule has 1 aromatic rings. The fourth-order valence-electron chi connectivity index (χ4n) is 1.31. The molecule has 2 unspecified atom stereocenters. The van der Waals surface area contributed by atoms with Gasteiger partial charge in [-0.05, 0) is 0 Å². The molecule has 1 radical (unpaired) electrons. The van der Waals surface area contributed by atoms with E-state index in [1.54, 1.807) is 0 Å². The molecule has 0 saturated carbocycles. The van der Waals surface area contributed by atoms with E-state index in [-0.39, 0.29) is 26.2 Å². The molecule has 0 aromatic heterocycles. The summed E-state index contributed by atoms with van der Waals surface area (Å²) < 4.78 is 0. The van der Waals surface area contributed by atoms with Gasteiger partial charge < -0.3 is 13.8 Å². The van der Waals surface area contributed by atoms with Gasteiger partial charge in [-0.1, -0.05) is 53.4 Å². The Morgan fingerprint density at radius 2 is 1.22 bits per heavy atom. The molecule has 0 fully saturated rings. The molecule has 103 valence electrons. The SMILES string of the molecule is [CH2-]C(C)CCC.[CH2-]C(C)CCC.[Zr+3].c1cc[cH-]c1. The van der Waals surface area contributed by atoms with E-state index in [0.29, 0.717) is 11.8 Å². The van der Waals surface area contributed by atoms with Gasteiger partial charge in [-0.2, -0.15) is 30.0 Å². The molecule has 1 rings (SSSR count). The summed E-state index contributed by atoms with van der Waals surface area (Å²) in [6, 6.07) is 10.0. The van der Waals surface area contributed by atoms with E-state index in [9.17, 15) is 0 Å². The molecular formula is C17H31Zr. The van der Waals surface area contributed by atoms with Crippen molar-refractivity contribution in [3.05, 3.63) is 44.2 Å². The summed E-state index contributed by atoms with van der Waals surface area (Å²) in [7, 11) is 0. The molecule has 1 heteroatoms. The van der Waals surface area contributed by atoms with Crippen molar-refractivity contribution in [2.24, 2.45) is 11.8 Å². The van der Waals surface area contributed by atoms with Crippen LogP contribution in [-0.2, 0) is 26.2 Å². The van der Waals surface area contributed by atoms with Gasteiger partial charge in [-0.3, -0.25) is 0 Å². The molecule has 0 heterocycles. The summed E-state index contributed by atoms with van der Waals surface area (Å²) in [5, 5.41) is 0. The third kappa shape index (κ3) is 29.9. The first-order chi connectivity index (χ1) is 8.04. The second-order valence-corrected chi connectivity index (χ2v) is 4.75. The standard InChI is InChI=1S/2C6H13.C5H5.Zr/c2*1-4-5-6(2)3;1-2-4-5-3-1;/h2*6H,2,4-5H2,1,3H3;1-5H;/q3*-1;+3. The third-order valence-corrected chi connectivity index (χ3v) is 2.12. The minimum Gasteiger partial charge on any atom is -0.341 e. The maximum atomic E-state index is 3.83. The largest absolute Gasteiger partial charge is 3.00 e. The van der Waals surface area contributed by atoms with E-state index in [0.717, 1.165) is 0 Å². The van der Waals surface area contributed by atoms with Crippen molar-refractivity contribution >= 4 is 0 Å². The van der Waals surface area contributed by atoms with Gasteiger partial charge in [-0.25, -0.2) is 12.1 Å². The van der Waals surface area contributed by atoms with Gasteiger partial charge in [0.1, 0.15) is 0 Å². The number of hydrogen-bond acceptors (Lipinski definition) is 0. The molecule has 18 heavy (non-hydrogen) atoms. The van der Waals surface area contributed by atoms with Crippen molar-refractivity contribution in [1.82, 2.24) is 0 Å². The fourth-order valence-corrected chi connectivity index (χ4v) is 1.31. The van der Waals surface area contributed by atoms with Crippen molar-refractivity contribution < 1.29 is 26.2 Å². The zero-order valence-corrected chi connectivity index (χ0v) is 15.2. The fraction of sp³-hybridized carbons (Fsp3) is 0.588. The average Bonchev–Trinajstić information content (AvgIpc) is 2.75. The van der Waals surface area contributed by atoms with Crippen LogP contribution in [0, 0.1) is 25.7 Å². The Labute approximate surface area is 135 Å². The van der Waals surface area contributed by atoms with Crippen LogP contribution in [0.5, 0.6) is 0 Å². The van der Waals surface area contributed by atoms with Gasteiger partial charge in [0.2, 0.25) is 0 Å². The van der Waals surface area contributed by atoms with E-state index in [4.69, 9.17) is 0 Å². The Morgan fingerprint density at radius 1 is 0.889 bits per heavy atom. The minimum absolute atomic E-state index is 0. The summed E-state index contributed by atoms with van der Waals surface area (Å²) in [6.07, 6.45) is 5.06. The Hall–Kier alpha value is 0.233. The summed E-state index contributed by atoms with van der Waals surface area (Å²) >= 11 is 0. The van der Waals surface area contributed by atoms with Crippen LogP contribution < -0.4 is 0 Å². The zero-order chi connectivity index (χ0) is 13.5. The first kappa shape index (κ1) is 23.3. The Morgan fingerprint density at radius 3 is 1.28 bits per heavy atom. The van der Waals surface area contributed by atoms with Crippen LogP contribution in [0.25, 0.3) is 0 Å². The third-order valence-electron chi connectivity index (χ3n) is 2.12. The zero-order valence-electron chi connectivity index (χ0n) is 12.8. The van der Waals surface area contributed by atoms with E-state index < -0.39 is 0 Å². The van der Waals surface area contributed by atoms with E-state index >= 15 is 0 Å². The van der Waals surface area contributed by atoms with Crippen molar-refractivity contribution in [1.29, 1.82) is 0 Å². The maximum Gasteiger partial charge on any atom is 3.00 e. The molecule has 0 aliphatic heterocycles. The van der Waals surface area contributed by atoms with Crippen molar-refractivity contribution in [3.8, 4) is 0 Å². The molecule has 0 amide bonds. The predicted octanol–water partition coefficient (Wildman–Crippen LogP) is 5.92. The normalized spacial score (nSPS) is 11.9. The molecule has 0 saturated heterocycles.